The lowest BCUT2D eigenvalue weighted by Gasteiger charge is -2.32. The number of methoxy groups -OCH3 is 1. The predicted molar refractivity (Wildman–Crippen MR) is 99.4 cm³/mol. The van der Waals surface area contributed by atoms with E-state index >= 15 is 0 Å². The van der Waals surface area contributed by atoms with Gasteiger partial charge in [-0.1, -0.05) is 25.0 Å². The molecule has 2 rings (SSSR count). The van der Waals surface area contributed by atoms with Crippen molar-refractivity contribution in [2.75, 3.05) is 26.7 Å². The number of aliphatic hydroxyl groups excluding tert-OH is 1. The molecule has 1 aliphatic rings. The lowest BCUT2D eigenvalue weighted by atomic mass is 9.94. The summed E-state index contributed by atoms with van der Waals surface area (Å²) in [7, 11) is 1.80. The van der Waals surface area contributed by atoms with Crippen molar-refractivity contribution >= 4 is 0 Å². The number of hydrogen-bond donors (Lipinski definition) is 1. The molecule has 0 aliphatic carbocycles. The van der Waals surface area contributed by atoms with Crippen LogP contribution in [0.4, 0.5) is 0 Å². The Morgan fingerprint density at radius 2 is 2.04 bits per heavy atom. The maximum Gasteiger partial charge on any atom is 0.108 e. The van der Waals surface area contributed by atoms with Gasteiger partial charge in [0.1, 0.15) is 5.69 Å². The van der Waals surface area contributed by atoms with Gasteiger partial charge in [-0.2, -0.15) is 0 Å². The molecule has 0 amide bonds. The molecule has 0 radical (unpaired) electrons. The van der Waals surface area contributed by atoms with E-state index in [4.69, 9.17) is 9.84 Å². The van der Waals surface area contributed by atoms with Crippen LogP contribution in [0.3, 0.4) is 0 Å². The zero-order valence-electron chi connectivity index (χ0n) is 16.4. The maximum atomic E-state index is 9.10. The average Bonchev–Trinajstić information content (AvgIpc) is 3.09. The molecular formula is C19H36N4O2. The molecular weight excluding hydrogens is 316 g/mol. The number of hydrogen-bond acceptors (Lipinski definition) is 5. The van der Waals surface area contributed by atoms with E-state index in [1.165, 1.54) is 25.8 Å². The summed E-state index contributed by atoms with van der Waals surface area (Å²) in [6.07, 6.45) is 9.04. The van der Waals surface area contributed by atoms with Crippen LogP contribution in [0.1, 0.15) is 71.0 Å². The highest BCUT2D eigenvalue weighted by Crippen LogP contribution is 2.24. The molecule has 0 bridgehead atoms. The molecule has 6 heteroatoms. The molecule has 1 saturated heterocycles. The van der Waals surface area contributed by atoms with Crippen LogP contribution in [0.2, 0.25) is 0 Å². The van der Waals surface area contributed by atoms with E-state index in [9.17, 15) is 0 Å². The fraction of sp³-hybridized carbons (Fsp3) is 0.895. The molecule has 6 nitrogen and oxygen atoms in total. The minimum absolute atomic E-state index is 0.0127. The molecule has 1 N–H and O–H groups in total. The van der Waals surface area contributed by atoms with Crippen molar-refractivity contribution < 1.29 is 9.84 Å². The van der Waals surface area contributed by atoms with Gasteiger partial charge in [0.25, 0.3) is 0 Å². The second-order valence-corrected chi connectivity index (χ2v) is 8.17. The van der Waals surface area contributed by atoms with Crippen LogP contribution >= 0.6 is 0 Å². The van der Waals surface area contributed by atoms with E-state index in [1.807, 2.05) is 10.9 Å². The topological polar surface area (TPSA) is 63.4 Å². The number of aliphatic hydroxyl groups is 1. The average molecular weight is 353 g/mol. The van der Waals surface area contributed by atoms with Crippen LogP contribution in [-0.2, 0) is 11.3 Å². The lowest BCUT2D eigenvalue weighted by Crippen LogP contribution is -2.36. The fourth-order valence-electron chi connectivity index (χ4n) is 3.50. The molecule has 1 aromatic heterocycles. The second-order valence-electron chi connectivity index (χ2n) is 8.17. The molecule has 0 aromatic carbocycles. The van der Waals surface area contributed by atoms with Gasteiger partial charge in [-0.3, -0.25) is 0 Å². The highest BCUT2D eigenvalue weighted by molar-refractivity contribution is 4.91. The minimum Gasteiger partial charge on any atom is -0.390 e. The third-order valence-corrected chi connectivity index (χ3v) is 5.62. The van der Waals surface area contributed by atoms with Gasteiger partial charge in [-0.05, 0) is 52.0 Å². The highest BCUT2D eigenvalue weighted by Gasteiger charge is 2.22. The molecule has 1 aliphatic heterocycles. The largest absolute Gasteiger partial charge is 0.390 e. The van der Waals surface area contributed by atoms with E-state index in [0.717, 1.165) is 38.3 Å². The van der Waals surface area contributed by atoms with Gasteiger partial charge in [-0.15, -0.1) is 5.10 Å². The van der Waals surface area contributed by atoms with E-state index in [-0.39, 0.29) is 12.2 Å². The number of rotatable bonds is 10. The Hall–Kier alpha value is -0.980. The van der Waals surface area contributed by atoms with E-state index in [0.29, 0.717) is 11.7 Å². The van der Waals surface area contributed by atoms with Gasteiger partial charge in [0.15, 0.2) is 0 Å². The first-order valence-corrected chi connectivity index (χ1v) is 9.72. The predicted octanol–water partition coefficient (Wildman–Crippen LogP) is 3.03. The Kier molecular flexibility index (Phi) is 7.84. The molecule has 2 heterocycles. The van der Waals surface area contributed by atoms with Crippen LogP contribution in [-0.4, -0.2) is 57.3 Å². The molecule has 1 aromatic rings. The van der Waals surface area contributed by atoms with E-state index in [1.54, 1.807) is 7.11 Å². The van der Waals surface area contributed by atoms with Crippen molar-refractivity contribution in [1.29, 1.82) is 0 Å². The van der Waals surface area contributed by atoms with Crippen molar-refractivity contribution in [3.63, 3.8) is 0 Å². The van der Waals surface area contributed by atoms with Crippen LogP contribution in [0, 0.1) is 5.92 Å². The minimum atomic E-state index is -0.0295. The van der Waals surface area contributed by atoms with E-state index in [2.05, 4.69) is 36.0 Å². The summed E-state index contributed by atoms with van der Waals surface area (Å²) >= 11 is 0. The standard InChI is InChI=1S/C19H36N4O2/c1-16(6-5-10-19(2,3)25-4)7-11-22-12-8-18(9-13-22)23-14-17(15-24)20-21-23/h14,16,18,24H,5-13,15H2,1-4H3/t16-/m0/s1. The smallest absolute Gasteiger partial charge is 0.108 e. The molecule has 0 spiro atoms. The van der Waals surface area contributed by atoms with Crippen molar-refractivity contribution in [2.45, 2.75) is 77.5 Å². The number of nitrogens with zero attached hydrogens (tertiary/aromatic N) is 4. The van der Waals surface area contributed by atoms with Crippen molar-refractivity contribution in [1.82, 2.24) is 19.9 Å². The zero-order valence-corrected chi connectivity index (χ0v) is 16.4. The van der Waals surface area contributed by atoms with Crippen molar-refractivity contribution in [3.8, 4) is 0 Å². The summed E-state index contributed by atoms with van der Waals surface area (Å²) in [5, 5.41) is 17.2. The summed E-state index contributed by atoms with van der Waals surface area (Å²) in [5.41, 5.74) is 0.673. The summed E-state index contributed by atoms with van der Waals surface area (Å²) in [5.74, 6) is 0.771. The van der Waals surface area contributed by atoms with Gasteiger partial charge < -0.3 is 14.7 Å². The van der Waals surface area contributed by atoms with Crippen molar-refractivity contribution in [2.24, 2.45) is 5.92 Å². The SMILES string of the molecule is COC(C)(C)CCC[C@H](C)CCN1CCC(n2cc(CO)nn2)CC1. The van der Waals surface area contributed by atoms with Crippen LogP contribution in [0.25, 0.3) is 0 Å². The Balaban J connectivity index is 1.61. The second kappa shape index (κ2) is 9.64. The Bertz CT molecular complexity index is 495. The normalized spacial score (nSPS) is 18.6. The fourth-order valence-corrected chi connectivity index (χ4v) is 3.50. The molecule has 0 unspecified atom stereocenters. The first-order chi connectivity index (χ1) is 11.9. The quantitative estimate of drug-likeness (QED) is 0.701. The van der Waals surface area contributed by atoms with Gasteiger partial charge in [0.05, 0.1) is 24.4 Å². The molecule has 144 valence electrons. The third kappa shape index (κ3) is 6.68. The van der Waals surface area contributed by atoms with Crippen LogP contribution in [0.5, 0.6) is 0 Å². The number of aromatic nitrogens is 3. The summed E-state index contributed by atoms with van der Waals surface area (Å²) in [4.78, 5) is 2.58. The molecule has 1 fully saturated rings. The lowest BCUT2D eigenvalue weighted by molar-refractivity contribution is 0.0126. The highest BCUT2D eigenvalue weighted by atomic mass is 16.5. The van der Waals surface area contributed by atoms with Gasteiger partial charge in [0, 0.05) is 20.2 Å². The Morgan fingerprint density at radius 1 is 1.32 bits per heavy atom. The summed E-state index contributed by atoms with van der Waals surface area (Å²) < 4.78 is 7.43. The summed E-state index contributed by atoms with van der Waals surface area (Å²) in [6, 6.07) is 0.428. The van der Waals surface area contributed by atoms with E-state index < -0.39 is 0 Å². The van der Waals surface area contributed by atoms with Crippen molar-refractivity contribution in [3.05, 3.63) is 11.9 Å². The zero-order chi connectivity index (χ0) is 18.3. The Morgan fingerprint density at radius 3 is 2.64 bits per heavy atom. The van der Waals surface area contributed by atoms with Crippen LogP contribution < -0.4 is 0 Å². The summed E-state index contributed by atoms with van der Waals surface area (Å²) in [6.45, 7) is 10.1. The number of likely N-dealkylation sites (tertiary alicyclic amines) is 1. The number of ether oxygens (including phenoxy) is 1. The Labute approximate surface area is 152 Å². The molecule has 25 heavy (non-hydrogen) atoms. The first kappa shape index (κ1) is 20.3. The molecule has 1 atom stereocenters. The van der Waals surface area contributed by atoms with Crippen LogP contribution in [0.15, 0.2) is 6.20 Å². The monoisotopic (exact) mass is 352 g/mol. The van der Waals surface area contributed by atoms with Gasteiger partial charge >= 0.3 is 0 Å². The van der Waals surface area contributed by atoms with Gasteiger partial charge in [-0.25, -0.2) is 4.68 Å². The third-order valence-electron chi connectivity index (χ3n) is 5.62. The maximum absolute atomic E-state index is 9.10. The first-order valence-electron chi connectivity index (χ1n) is 9.72. The molecule has 0 saturated carbocycles. The van der Waals surface area contributed by atoms with Gasteiger partial charge in [0.2, 0.25) is 0 Å². The number of piperidine rings is 1.